The van der Waals surface area contributed by atoms with Crippen molar-refractivity contribution in [3.05, 3.63) is 52.5 Å². The minimum Gasteiger partial charge on any atom is -0.461 e. The largest absolute Gasteiger partial charge is 0.461 e. The number of hydrogen-bond acceptors (Lipinski definition) is 5. The van der Waals surface area contributed by atoms with Crippen molar-refractivity contribution in [1.29, 1.82) is 0 Å². The second kappa shape index (κ2) is 6.85. The number of hydrogen-bond donors (Lipinski definition) is 1. The van der Waals surface area contributed by atoms with Gasteiger partial charge in [-0.3, -0.25) is 4.79 Å². The van der Waals surface area contributed by atoms with Crippen molar-refractivity contribution >= 4 is 34.8 Å². The molecule has 2 heterocycles. The highest BCUT2D eigenvalue weighted by Crippen LogP contribution is 2.29. The van der Waals surface area contributed by atoms with Gasteiger partial charge in [0.15, 0.2) is 5.76 Å². The number of amides is 1. The molecular formula is C15H11Cl2N3O3. The first-order chi connectivity index (χ1) is 11.1. The van der Waals surface area contributed by atoms with Crippen molar-refractivity contribution in [2.24, 2.45) is 0 Å². The van der Waals surface area contributed by atoms with Gasteiger partial charge in [-0.2, -0.15) is 4.98 Å². The van der Waals surface area contributed by atoms with Crippen molar-refractivity contribution < 1.29 is 13.7 Å². The molecule has 0 saturated heterocycles. The molecule has 1 N–H and O–H groups in total. The molecule has 0 saturated carbocycles. The van der Waals surface area contributed by atoms with Crippen LogP contribution < -0.4 is 5.32 Å². The van der Waals surface area contributed by atoms with E-state index in [0.717, 1.165) is 0 Å². The molecule has 1 amide bonds. The van der Waals surface area contributed by atoms with Crippen molar-refractivity contribution in [3.8, 4) is 11.6 Å². The van der Waals surface area contributed by atoms with Crippen LogP contribution >= 0.6 is 23.2 Å². The molecule has 2 aromatic heterocycles. The Bertz CT molecular complexity index is 815. The van der Waals surface area contributed by atoms with Gasteiger partial charge in [-0.25, -0.2) is 0 Å². The van der Waals surface area contributed by atoms with E-state index in [4.69, 9.17) is 32.1 Å². The van der Waals surface area contributed by atoms with E-state index in [-0.39, 0.29) is 12.3 Å². The lowest BCUT2D eigenvalue weighted by Crippen LogP contribution is -2.12. The van der Waals surface area contributed by atoms with Gasteiger partial charge in [-0.1, -0.05) is 34.4 Å². The lowest BCUT2D eigenvalue weighted by atomic mass is 10.2. The molecule has 0 spiro atoms. The highest BCUT2D eigenvalue weighted by Gasteiger charge is 2.13. The van der Waals surface area contributed by atoms with Gasteiger partial charge in [0.2, 0.25) is 17.6 Å². The summed E-state index contributed by atoms with van der Waals surface area (Å²) in [5, 5.41) is 7.17. The number of furan rings is 1. The van der Waals surface area contributed by atoms with Crippen molar-refractivity contribution in [2.75, 3.05) is 5.32 Å². The van der Waals surface area contributed by atoms with E-state index in [2.05, 4.69) is 15.5 Å². The van der Waals surface area contributed by atoms with Gasteiger partial charge in [0.05, 0.1) is 22.0 Å². The summed E-state index contributed by atoms with van der Waals surface area (Å²) < 4.78 is 10.3. The SMILES string of the molecule is O=C(CCc1nc(-c2ccco2)no1)Nc1cccc(Cl)c1Cl. The minimum atomic E-state index is -0.230. The molecule has 6 nitrogen and oxygen atoms in total. The minimum absolute atomic E-state index is 0.169. The van der Waals surface area contributed by atoms with Gasteiger partial charge in [0.25, 0.3) is 0 Å². The second-order valence-electron chi connectivity index (χ2n) is 4.64. The van der Waals surface area contributed by atoms with E-state index in [1.165, 1.54) is 6.26 Å². The number of nitrogens with zero attached hydrogens (tertiary/aromatic N) is 2. The number of anilines is 1. The number of nitrogens with one attached hydrogen (secondary N) is 1. The molecule has 3 aromatic rings. The number of halogens is 2. The number of aromatic nitrogens is 2. The van der Waals surface area contributed by atoms with Crippen molar-refractivity contribution in [3.63, 3.8) is 0 Å². The molecule has 0 radical (unpaired) electrons. The normalized spacial score (nSPS) is 10.7. The summed E-state index contributed by atoms with van der Waals surface area (Å²) >= 11 is 11.9. The maximum atomic E-state index is 12.0. The fraction of sp³-hybridized carbons (Fsp3) is 0.133. The highest BCUT2D eigenvalue weighted by molar-refractivity contribution is 6.43. The van der Waals surface area contributed by atoms with Gasteiger partial charge < -0.3 is 14.3 Å². The Morgan fingerprint density at radius 3 is 2.87 bits per heavy atom. The summed E-state index contributed by atoms with van der Waals surface area (Å²) in [5.41, 5.74) is 0.464. The summed E-state index contributed by atoms with van der Waals surface area (Å²) in [6.45, 7) is 0. The molecule has 1 aromatic carbocycles. The predicted octanol–water partition coefficient (Wildman–Crippen LogP) is 4.21. The van der Waals surface area contributed by atoms with Crippen LogP contribution in [-0.2, 0) is 11.2 Å². The topological polar surface area (TPSA) is 81.2 Å². The summed E-state index contributed by atoms with van der Waals surface area (Å²) in [5.74, 6) is 0.981. The lowest BCUT2D eigenvalue weighted by molar-refractivity contribution is -0.116. The fourth-order valence-corrected chi connectivity index (χ4v) is 2.24. The number of carbonyl (C=O) groups excluding carboxylic acids is 1. The van der Waals surface area contributed by atoms with Crippen molar-refractivity contribution in [1.82, 2.24) is 10.1 Å². The zero-order valence-electron chi connectivity index (χ0n) is 11.8. The molecule has 0 atom stereocenters. The monoisotopic (exact) mass is 351 g/mol. The summed E-state index contributed by atoms with van der Waals surface area (Å²) in [6.07, 6.45) is 1.99. The van der Waals surface area contributed by atoms with Crippen LogP contribution in [0.1, 0.15) is 12.3 Å². The zero-order chi connectivity index (χ0) is 16.2. The average Bonchev–Trinajstić information content (AvgIpc) is 3.20. The molecular weight excluding hydrogens is 341 g/mol. The Morgan fingerprint density at radius 2 is 2.09 bits per heavy atom. The zero-order valence-corrected chi connectivity index (χ0v) is 13.3. The third-order valence-corrected chi connectivity index (χ3v) is 3.82. The molecule has 23 heavy (non-hydrogen) atoms. The quantitative estimate of drug-likeness (QED) is 0.744. The molecule has 0 aliphatic heterocycles. The van der Waals surface area contributed by atoms with E-state index in [1.54, 1.807) is 30.3 Å². The van der Waals surface area contributed by atoms with Crippen LogP contribution in [0.15, 0.2) is 45.5 Å². The van der Waals surface area contributed by atoms with Crippen LogP contribution in [-0.4, -0.2) is 16.0 Å². The summed E-state index contributed by atoms with van der Waals surface area (Å²) in [6, 6.07) is 8.48. The maximum absolute atomic E-state index is 12.0. The summed E-state index contributed by atoms with van der Waals surface area (Å²) in [4.78, 5) is 16.1. The first-order valence-corrected chi connectivity index (χ1v) is 7.49. The molecule has 3 rings (SSSR count). The van der Waals surface area contributed by atoms with Gasteiger partial charge in [-0.05, 0) is 24.3 Å². The first-order valence-electron chi connectivity index (χ1n) is 6.74. The predicted molar refractivity (Wildman–Crippen MR) is 85.4 cm³/mol. The Balaban J connectivity index is 1.58. The van der Waals surface area contributed by atoms with Crippen LogP contribution in [0.3, 0.4) is 0 Å². The molecule has 118 valence electrons. The van der Waals surface area contributed by atoms with Gasteiger partial charge in [-0.15, -0.1) is 0 Å². The molecule has 0 fully saturated rings. The first kappa shape index (κ1) is 15.6. The third-order valence-electron chi connectivity index (χ3n) is 3.00. The third kappa shape index (κ3) is 3.72. The van der Waals surface area contributed by atoms with Crippen LogP contribution in [0.2, 0.25) is 10.0 Å². The standard InChI is InChI=1S/C15H11Cl2N3O3/c16-9-3-1-4-10(14(9)17)18-12(21)6-7-13-19-15(20-23-13)11-5-2-8-22-11/h1-5,8H,6-7H2,(H,18,21). The van der Waals surface area contributed by atoms with E-state index in [9.17, 15) is 4.79 Å². The fourth-order valence-electron chi connectivity index (χ4n) is 1.90. The molecule has 0 unspecified atom stereocenters. The molecule has 0 bridgehead atoms. The molecule has 0 aliphatic rings. The van der Waals surface area contributed by atoms with E-state index in [0.29, 0.717) is 39.6 Å². The second-order valence-corrected chi connectivity index (χ2v) is 5.42. The van der Waals surface area contributed by atoms with E-state index >= 15 is 0 Å². The number of carbonyl (C=O) groups is 1. The smallest absolute Gasteiger partial charge is 0.238 e. The number of benzene rings is 1. The number of rotatable bonds is 5. The summed E-state index contributed by atoms with van der Waals surface area (Å²) in [7, 11) is 0. The Kier molecular flexibility index (Phi) is 4.64. The van der Waals surface area contributed by atoms with Gasteiger partial charge >= 0.3 is 0 Å². The lowest BCUT2D eigenvalue weighted by Gasteiger charge is -2.07. The van der Waals surface area contributed by atoms with Crippen LogP contribution in [0, 0.1) is 0 Å². The Hall–Kier alpha value is -2.31. The van der Waals surface area contributed by atoms with Crippen LogP contribution in [0.4, 0.5) is 5.69 Å². The molecule has 8 heteroatoms. The maximum Gasteiger partial charge on any atom is 0.238 e. The van der Waals surface area contributed by atoms with Crippen LogP contribution in [0.5, 0.6) is 0 Å². The highest BCUT2D eigenvalue weighted by atomic mass is 35.5. The van der Waals surface area contributed by atoms with Crippen LogP contribution in [0.25, 0.3) is 11.6 Å². The number of aryl methyl sites for hydroxylation is 1. The van der Waals surface area contributed by atoms with Gasteiger partial charge in [0, 0.05) is 12.8 Å². The van der Waals surface area contributed by atoms with E-state index < -0.39 is 0 Å². The Labute approximate surface area is 141 Å². The van der Waals surface area contributed by atoms with E-state index in [1.807, 2.05) is 0 Å². The van der Waals surface area contributed by atoms with Crippen molar-refractivity contribution in [2.45, 2.75) is 12.8 Å². The Morgan fingerprint density at radius 1 is 1.22 bits per heavy atom. The average molecular weight is 352 g/mol. The van der Waals surface area contributed by atoms with Gasteiger partial charge in [0.1, 0.15) is 0 Å². The molecule has 0 aliphatic carbocycles.